The Bertz CT molecular complexity index is 932. The highest BCUT2D eigenvalue weighted by Gasteiger charge is 2.26. The van der Waals surface area contributed by atoms with E-state index in [0.717, 1.165) is 25.2 Å². The zero-order chi connectivity index (χ0) is 21.4. The van der Waals surface area contributed by atoms with Crippen molar-refractivity contribution >= 4 is 17.3 Å². The molecule has 2 aromatic rings. The second kappa shape index (κ2) is 8.10. The summed E-state index contributed by atoms with van der Waals surface area (Å²) in [4.78, 5) is 15.2. The van der Waals surface area contributed by atoms with Crippen molar-refractivity contribution in [3.05, 3.63) is 42.7 Å². The van der Waals surface area contributed by atoms with Gasteiger partial charge in [-0.25, -0.2) is 14.4 Å². The van der Waals surface area contributed by atoms with Gasteiger partial charge in [-0.3, -0.25) is 0 Å². The number of likely N-dealkylation sites (N-methyl/N-ethyl adjacent to an activating group) is 1. The Morgan fingerprint density at radius 1 is 1.20 bits per heavy atom. The lowest BCUT2D eigenvalue weighted by atomic mass is 10.1. The van der Waals surface area contributed by atoms with Crippen molar-refractivity contribution in [2.45, 2.75) is 25.5 Å². The lowest BCUT2D eigenvalue weighted by molar-refractivity contribution is 0.113. The number of benzene rings is 1. The summed E-state index contributed by atoms with van der Waals surface area (Å²) in [5, 5.41) is 0. The highest BCUT2D eigenvalue weighted by molar-refractivity contribution is 5.77. The zero-order valence-corrected chi connectivity index (χ0v) is 17.8. The second-order valence-corrected chi connectivity index (χ2v) is 8.36. The number of anilines is 3. The van der Waals surface area contributed by atoms with E-state index in [2.05, 4.69) is 40.4 Å². The molecule has 2 aliphatic heterocycles. The van der Waals surface area contributed by atoms with Crippen molar-refractivity contribution in [1.29, 1.82) is 0 Å². The second-order valence-electron chi connectivity index (χ2n) is 8.36. The van der Waals surface area contributed by atoms with E-state index in [1.54, 1.807) is 18.5 Å². The number of morpholine rings is 1. The lowest BCUT2D eigenvalue weighted by Gasteiger charge is -2.32. The van der Waals surface area contributed by atoms with E-state index in [4.69, 9.17) is 10.5 Å². The number of halogens is 1. The van der Waals surface area contributed by atoms with Crippen LogP contribution in [0.25, 0.3) is 11.1 Å². The molecule has 0 bridgehead atoms. The molecule has 2 N–H and O–H groups in total. The minimum atomic E-state index is -0.322. The van der Waals surface area contributed by atoms with Crippen LogP contribution in [0.4, 0.5) is 21.7 Å². The number of nitrogens with two attached hydrogens (primary N) is 1. The van der Waals surface area contributed by atoms with Gasteiger partial charge in [0, 0.05) is 42.7 Å². The van der Waals surface area contributed by atoms with Crippen molar-refractivity contribution in [3.63, 3.8) is 0 Å². The molecule has 3 heterocycles. The summed E-state index contributed by atoms with van der Waals surface area (Å²) in [7, 11) is 4.14. The molecule has 8 heteroatoms. The fourth-order valence-electron chi connectivity index (χ4n) is 4.18. The topological polar surface area (TPSA) is 70.8 Å². The summed E-state index contributed by atoms with van der Waals surface area (Å²) in [5.41, 5.74) is 8.63. The summed E-state index contributed by atoms with van der Waals surface area (Å²) < 4.78 is 20.6. The molecule has 0 saturated carbocycles. The van der Waals surface area contributed by atoms with Gasteiger partial charge < -0.3 is 25.2 Å². The number of ether oxygens (including phenoxy) is 1. The molecule has 1 aromatic heterocycles. The number of rotatable bonds is 4. The molecule has 7 nitrogen and oxygen atoms in total. The molecule has 2 saturated heterocycles. The van der Waals surface area contributed by atoms with Crippen molar-refractivity contribution in [2.75, 3.05) is 55.8 Å². The first-order valence-electron chi connectivity index (χ1n) is 10.2. The smallest absolute Gasteiger partial charge is 0.225 e. The van der Waals surface area contributed by atoms with E-state index >= 15 is 0 Å². The van der Waals surface area contributed by atoms with E-state index in [9.17, 15) is 4.39 Å². The number of nitrogen functional groups attached to an aromatic ring is 1. The van der Waals surface area contributed by atoms with Crippen LogP contribution >= 0.6 is 0 Å². The maximum Gasteiger partial charge on any atom is 0.225 e. The highest BCUT2D eigenvalue weighted by Crippen LogP contribution is 2.34. The fourth-order valence-corrected chi connectivity index (χ4v) is 4.18. The van der Waals surface area contributed by atoms with Crippen molar-refractivity contribution < 1.29 is 9.13 Å². The summed E-state index contributed by atoms with van der Waals surface area (Å²) in [6, 6.07) is 3.67. The predicted molar refractivity (Wildman–Crippen MR) is 118 cm³/mol. The van der Waals surface area contributed by atoms with Gasteiger partial charge in [-0.2, -0.15) is 0 Å². The lowest BCUT2D eigenvalue weighted by Crippen LogP contribution is -2.40. The third kappa shape index (κ3) is 4.05. The molecular formula is C22H29FN6O. The largest absolute Gasteiger partial charge is 0.492 e. The van der Waals surface area contributed by atoms with Gasteiger partial charge in [-0.15, -0.1) is 0 Å². The molecule has 0 radical (unpaired) electrons. The molecule has 2 fully saturated rings. The average molecular weight is 413 g/mol. The van der Waals surface area contributed by atoms with Crippen LogP contribution in [0.1, 0.15) is 13.3 Å². The van der Waals surface area contributed by atoms with Gasteiger partial charge in [-0.05, 0) is 39.6 Å². The van der Waals surface area contributed by atoms with Crippen LogP contribution in [0.3, 0.4) is 0 Å². The van der Waals surface area contributed by atoms with E-state index in [-0.39, 0.29) is 11.9 Å². The predicted octanol–water partition coefficient (Wildman–Crippen LogP) is 2.74. The molecule has 0 aliphatic carbocycles. The van der Waals surface area contributed by atoms with E-state index in [1.165, 1.54) is 6.07 Å². The van der Waals surface area contributed by atoms with Gasteiger partial charge >= 0.3 is 0 Å². The maximum absolute atomic E-state index is 15.0. The first-order chi connectivity index (χ1) is 14.3. The minimum Gasteiger partial charge on any atom is -0.492 e. The summed E-state index contributed by atoms with van der Waals surface area (Å²) in [5.74, 6) is 0.943. The Labute approximate surface area is 177 Å². The van der Waals surface area contributed by atoms with E-state index in [0.29, 0.717) is 47.7 Å². The van der Waals surface area contributed by atoms with Gasteiger partial charge in [0.1, 0.15) is 17.7 Å². The zero-order valence-electron chi connectivity index (χ0n) is 17.8. The molecule has 2 atom stereocenters. The third-order valence-electron chi connectivity index (χ3n) is 5.80. The summed E-state index contributed by atoms with van der Waals surface area (Å²) in [6.45, 7) is 8.81. The Balaban J connectivity index is 1.54. The Morgan fingerprint density at radius 2 is 1.93 bits per heavy atom. The van der Waals surface area contributed by atoms with Crippen LogP contribution in [-0.4, -0.2) is 67.3 Å². The van der Waals surface area contributed by atoms with Crippen molar-refractivity contribution in [2.24, 2.45) is 0 Å². The van der Waals surface area contributed by atoms with Crippen LogP contribution in [0.15, 0.2) is 36.9 Å². The molecule has 0 amide bonds. The molecule has 0 unspecified atom stereocenters. The summed E-state index contributed by atoms with van der Waals surface area (Å²) >= 11 is 0. The van der Waals surface area contributed by atoms with E-state index in [1.807, 2.05) is 11.8 Å². The van der Waals surface area contributed by atoms with Gasteiger partial charge in [-0.1, -0.05) is 6.58 Å². The van der Waals surface area contributed by atoms with Gasteiger partial charge in [0.05, 0.1) is 24.5 Å². The number of hydrogen-bond acceptors (Lipinski definition) is 7. The first-order valence-corrected chi connectivity index (χ1v) is 10.2. The molecule has 2 aliphatic rings. The average Bonchev–Trinajstić information content (AvgIpc) is 3.19. The normalized spacial score (nSPS) is 22.0. The van der Waals surface area contributed by atoms with E-state index < -0.39 is 0 Å². The molecular weight excluding hydrogens is 383 g/mol. The van der Waals surface area contributed by atoms with Crippen LogP contribution < -0.4 is 15.5 Å². The maximum atomic E-state index is 15.0. The molecule has 1 aromatic carbocycles. The van der Waals surface area contributed by atoms with Crippen molar-refractivity contribution in [3.8, 4) is 11.1 Å². The quantitative estimate of drug-likeness (QED) is 0.775. The number of hydrogen-bond donors (Lipinski definition) is 1. The van der Waals surface area contributed by atoms with Crippen LogP contribution in [0.5, 0.6) is 0 Å². The number of aromatic nitrogens is 2. The Hall–Kier alpha value is -2.87. The van der Waals surface area contributed by atoms with Crippen LogP contribution in [-0.2, 0) is 4.74 Å². The van der Waals surface area contributed by atoms with Crippen LogP contribution in [0.2, 0.25) is 0 Å². The number of nitrogens with zero attached hydrogens (tertiary/aromatic N) is 5. The Kier molecular flexibility index (Phi) is 5.51. The molecule has 30 heavy (non-hydrogen) atoms. The first kappa shape index (κ1) is 20.4. The van der Waals surface area contributed by atoms with Gasteiger partial charge in [0.25, 0.3) is 0 Å². The Morgan fingerprint density at radius 3 is 2.57 bits per heavy atom. The minimum absolute atomic E-state index is 0.0250. The SMILES string of the molecule is C=C1CN(c2ncc(-c3cc(N)c(N4CC[C@@H](N(C)C)C4)cc3F)cn2)C[C@@H](C)O1. The molecule has 160 valence electrons. The monoisotopic (exact) mass is 412 g/mol. The molecule has 4 rings (SSSR count). The highest BCUT2D eigenvalue weighted by atomic mass is 19.1. The summed E-state index contributed by atoms with van der Waals surface area (Å²) in [6.07, 6.45) is 4.34. The van der Waals surface area contributed by atoms with Crippen LogP contribution in [0, 0.1) is 5.82 Å². The van der Waals surface area contributed by atoms with Crippen molar-refractivity contribution in [1.82, 2.24) is 14.9 Å². The third-order valence-corrected chi connectivity index (χ3v) is 5.80. The standard InChI is InChI=1S/C22H29FN6O/c1-14-11-29(12-15(2)30-14)22-25-9-16(10-26-22)18-7-20(24)21(8-19(18)23)28-6-5-17(13-28)27(3)4/h7-10,15,17H,1,5-6,11-13,24H2,2-4H3/t15-,17-/m1/s1. The fraction of sp³-hybridized carbons (Fsp3) is 0.455. The van der Waals surface area contributed by atoms with Gasteiger partial charge in [0.15, 0.2) is 0 Å². The molecule has 0 spiro atoms. The van der Waals surface area contributed by atoms with Gasteiger partial charge in [0.2, 0.25) is 5.95 Å².